The van der Waals surface area contributed by atoms with Crippen molar-refractivity contribution in [1.29, 1.82) is 0 Å². The predicted octanol–water partition coefficient (Wildman–Crippen LogP) is 4.37. The average molecular weight is 289 g/mol. The molecule has 1 nitrogen and oxygen atoms in total. The van der Waals surface area contributed by atoms with Crippen molar-refractivity contribution in [3.05, 3.63) is 35.1 Å². The molecule has 0 aromatic heterocycles. The highest BCUT2D eigenvalue weighted by Gasteiger charge is 2.34. The summed E-state index contributed by atoms with van der Waals surface area (Å²) in [6.07, 6.45) is -1.02. The van der Waals surface area contributed by atoms with Gasteiger partial charge in [-0.3, -0.25) is 0 Å². The summed E-state index contributed by atoms with van der Waals surface area (Å²) in [5, 5.41) is 3.18. The van der Waals surface area contributed by atoms with Gasteiger partial charge in [0.25, 0.3) is 0 Å². The lowest BCUT2D eigenvalue weighted by Gasteiger charge is -2.16. The van der Waals surface area contributed by atoms with Gasteiger partial charge in [-0.15, -0.1) is 0 Å². The van der Waals surface area contributed by atoms with Crippen LogP contribution in [-0.4, -0.2) is 6.54 Å². The Labute approximate surface area is 116 Å². The van der Waals surface area contributed by atoms with Crippen molar-refractivity contribution in [3.63, 3.8) is 0 Å². The van der Waals surface area contributed by atoms with Gasteiger partial charge in [-0.25, -0.2) is 4.39 Å². The van der Waals surface area contributed by atoms with Crippen molar-refractivity contribution in [1.82, 2.24) is 5.32 Å². The quantitative estimate of drug-likeness (QED) is 0.812. The maximum atomic E-state index is 13.1. The van der Waals surface area contributed by atoms with Crippen molar-refractivity contribution >= 4 is 0 Å². The summed E-state index contributed by atoms with van der Waals surface area (Å²) >= 11 is 0. The Balaban J connectivity index is 1.93. The molecule has 0 aliphatic heterocycles. The fourth-order valence-corrected chi connectivity index (χ4v) is 2.83. The molecule has 0 bridgehead atoms. The normalized spacial score (nSPS) is 23.2. The minimum absolute atomic E-state index is 0.340. The molecule has 2 unspecified atom stereocenters. The van der Waals surface area contributed by atoms with Crippen molar-refractivity contribution in [2.75, 3.05) is 6.54 Å². The van der Waals surface area contributed by atoms with Crippen LogP contribution < -0.4 is 5.32 Å². The number of benzene rings is 1. The summed E-state index contributed by atoms with van der Waals surface area (Å²) in [6, 6.07) is 3.17. The topological polar surface area (TPSA) is 12.0 Å². The zero-order valence-corrected chi connectivity index (χ0v) is 11.4. The Kier molecular flexibility index (Phi) is 4.68. The Morgan fingerprint density at radius 3 is 2.60 bits per heavy atom. The summed E-state index contributed by atoms with van der Waals surface area (Å²) in [6.45, 7) is 3.35. The highest BCUT2D eigenvalue weighted by Crippen LogP contribution is 2.32. The smallest absolute Gasteiger partial charge is 0.312 e. The monoisotopic (exact) mass is 289 g/mol. The molecule has 1 aliphatic rings. The van der Waals surface area contributed by atoms with Crippen LogP contribution in [0.4, 0.5) is 17.6 Å². The van der Waals surface area contributed by atoms with Gasteiger partial charge in [-0.1, -0.05) is 25.8 Å². The van der Waals surface area contributed by atoms with Gasteiger partial charge >= 0.3 is 6.18 Å². The Hall–Kier alpha value is -1.10. The molecule has 1 N–H and O–H groups in total. The zero-order valence-electron chi connectivity index (χ0n) is 11.4. The van der Waals surface area contributed by atoms with E-state index < -0.39 is 17.6 Å². The Bertz CT molecular complexity index is 456. The summed E-state index contributed by atoms with van der Waals surface area (Å²) in [7, 11) is 0. The lowest BCUT2D eigenvalue weighted by Crippen LogP contribution is -2.24. The first-order valence-corrected chi connectivity index (χ1v) is 6.94. The standard InChI is InChI=1S/C15H19F4N/c1-10-3-2-4-12(10)9-20-8-11-5-6-14(16)13(7-11)15(17,18)19/h5-7,10,12,20H,2-4,8-9H2,1H3. The van der Waals surface area contributed by atoms with Crippen LogP contribution in [0.15, 0.2) is 18.2 Å². The molecular weight excluding hydrogens is 270 g/mol. The molecule has 0 heterocycles. The van der Waals surface area contributed by atoms with E-state index in [4.69, 9.17) is 0 Å². The molecule has 0 radical (unpaired) electrons. The van der Waals surface area contributed by atoms with Crippen LogP contribution in [0.2, 0.25) is 0 Å². The second kappa shape index (κ2) is 6.12. The molecule has 1 aromatic rings. The second-order valence-electron chi connectivity index (χ2n) is 5.61. The molecule has 0 amide bonds. The first-order chi connectivity index (χ1) is 9.38. The van der Waals surface area contributed by atoms with E-state index in [9.17, 15) is 17.6 Å². The lowest BCUT2D eigenvalue weighted by atomic mass is 9.98. The third-order valence-electron chi connectivity index (χ3n) is 4.11. The average Bonchev–Trinajstić information content (AvgIpc) is 2.76. The van der Waals surface area contributed by atoms with Gasteiger partial charge in [0.2, 0.25) is 0 Å². The van der Waals surface area contributed by atoms with Crippen LogP contribution in [-0.2, 0) is 12.7 Å². The highest BCUT2D eigenvalue weighted by molar-refractivity contribution is 5.27. The van der Waals surface area contributed by atoms with E-state index in [1.807, 2.05) is 0 Å². The molecule has 1 aliphatic carbocycles. The first kappa shape index (κ1) is 15.3. The van der Waals surface area contributed by atoms with Gasteiger partial charge in [0.15, 0.2) is 0 Å². The molecule has 1 saturated carbocycles. The maximum Gasteiger partial charge on any atom is 0.419 e. The highest BCUT2D eigenvalue weighted by atomic mass is 19.4. The zero-order chi connectivity index (χ0) is 14.8. The minimum atomic E-state index is -4.64. The van der Waals surface area contributed by atoms with E-state index in [2.05, 4.69) is 12.2 Å². The predicted molar refractivity (Wildman–Crippen MR) is 69.6 cm³/mol. The van der Waals surface area contributed by atoms with Gasteiger partial charge in [-0.05, 0) is 42.5 Å². The molecule has 20 heavy (non-hydrogen) atoms. The van der Waals surface area contributed by atoms with Crippen molar-refractivity contribution < 1.29 is 17.6 Å². The fraction of sp³-hybridized carbons (Fsp3) is 0.600. The largest absolute Gasteiger partial charge is 0.419 e. The molecule has 2 rings (SSSR count). The van der Waals surface area contributed by atoms with E-state index in [-0.39, 0.29) is 0 Å². The summed E-state index contributed by atoms with van der Waals surface area (Å²) in [5.41, 5.74) is -0.726. The molecule has 5 heteroatoms. The molecule has 0 saturated heterocycles. The van der Waals surface area contributed by atoms with Crippen molar-refractivity contribution in [2.45, 2.75) is 38.9 Å². The third-order valence-corrected chi connectivity index (χ3v) is 4.11. The van der Waals surface area contributed by atoms with Crippen LogP contribution >= 0.6 is 0 Å². The van der Waals surface area contributed by atoms with Gasteiger partial charge in [0, 0.05) is 6.54 Å². The van der Waals surface area contributed by atoms with Crippen LogP contribution in [0.25, 0.3) is 0 Å². The number of hydrogen-bond donors (Lipinski definition) is 1. The number of halogens is 4. The van der Waals surface area contributed by atoms with Gasteiger partial charge in [0.05, 0.1) is 5.56 Å². The molecule has 2 atom stereocenters. The van der Waals surface area contributed by atoms with E-state index in [0.29, 0.717) is 23.9 Å². The third kappa shape index (κ3) is 3.72. The number of hydrogen-bond acceptors (Lipinski definition) is 1. The second-order valence-corrected chi connectivity index (χ2v) is 5.61. The minimum Gasteiger partial charge on any atom is -0.312 e. The molecule has 1 fully saturated rings. The van der Waals surface area contributed by atoms with E-state index in [1.165, 1.54) is 25.3 Å². The van der Waals surface area contributed by atoms with Gasteiger partial charge in [0.1, 0.15) is 5.82 Å². The summed E-state index contributed by atoms with van der Waals surface area (Å²) < 4.78 is 50.9. The van der Waals surface area contributed by atoms with Crippen LogP contribution in [0, 0.1) is 17.7 Å². The molecular formula is C15H19F4N. The Morgan fingerprint density at radius 2 is 2.00 bits per heavy atom. The molecule has 0 spiro atoms. The molecule has 1 aromatic carbocycles. The lowest BCUT2D eigenvalue weighted by molar-refractivity contribution is -0.140. The first-order valence-electron chi connectivity index (χ1n) is 6.94. The Morgan fingerprint density at radius 1 is 1.25 bits per heavy atom. The fourth-order valence-electron chi connectivity index (χ4n) is 2.83. The van der Waals surface area contributed by atoms with Crippen LogP contribution in [0.1, 0.15) is 37.3 Å². The van der Waals surface area contributed by atoms with Gasteiger partial charge in [-0.2, -0.15) is 13.2 Å². The summed E-state index contributed by atoms with van der Waals surface area (Å²) in [4.78, 5) is 0. The van der Waals surface area contributed by atoms with Crippen molar-refractivity contribution in [3.8, 4) is 0 Å². The van der Waals surface area contributed by atoms with Crippen LogP contribution in [0.5, 0.6) is 0 Å². The van der Waals surface area contributed by atoms with Crippen molar-refractivity contribution in [2.24, 2.45) is 11.8 Å². The number of rotatable bonds is 4. The van der Waals surface area contributed by atoms with E-state index in [1.54, 1.807) is 0 Å². The summed E-state index contributed by atoms with van der Waals surface area (Å²) in [5.74, 6) is 0.0460. The maximum absolute atomic E-state index is 13.1. The van der Waals surface area contributed by atoms with E-state index in [0.717, 1.165) is 18.7 Å². The number of alkyl halides is 3. The van der Waals surface area contributed by atoms with Gasteiger partial charge < -0.3 is 5.32 Å². The SMILES string of the molecule is CC1CCCC1CNCc1ccc(F)c(C(F)(F)F)c1. The molecule has 112 valence electrons. The van der Waals surface area contributed by atoms with E-state index >= 15 is 0 Å². The van der Waals surface area contributed by atoms with Crippen LogP contribution in [0.3, 0.4) is 0 Å². The number of nitrogens with one attached hydrogen (secondary N) is 1.